The molecular weight excluding hydrogens is 350 g/mol. The largest absolute Gasteiger partial charge is 0.467 e. The molecule has 1 saturated heterocycles. The molecule has 1 aromatic heterocycles. The number of piperazine rings is 1. The summed E-state index contributed by atoms with van der Waals surface area (Å²) in [5.41, 5.74) is 2.56. The Labute approximate surface area is 165 Å². The molecule has 0 radical (unpaired) electrons. The first kappa shape index (κ1) is 18.3. The second-order valence-corrected chi connectivity index (χ2v) is 6.98. The minimum atomic E-state index is -0.0352. The minimum Gasteiger partial charge on any atom is -0.467 e. The molecule has 28 heavy (non-hydrogen) atoms. The van der Waals surface area contributed by atoms with Gasteiger partial charge >= 0.3 is 6.03 Å². The van der Waals surface area contributed by atoms with Crippen LogP contribution in [0.2, 0.25) is 0 Å². The maximum atomic E-state index is 12.5. The van der Waals surface area contributed by atoms with E-state index in [9.17, 15) is 4.79 Å². The van der Waals surface area contributed by atoms with Gasteiger partial charge in [0.2, 0.25) is 0 Å². The molecule has 144 valence electrons. The van der Waals surface area contributed by atoms with Gasteiger partial charge in [-0.05, 0) is 23.3 Å². The molecule has 4 rings (SSSR count). The summed E-state index contributed by atoms with van der Waals surface area (Å²) < 4.78 is 5.28. The van der Waals surface area contributed by atoms with E-state index < -0.39 is 0 Å². The van der Waals surface area contributed by atoms with Crippen molar-refractivity contribution in [2.75, 3.05) is 26.2 Å². The predicted octanol–water partition coefficient (Wildman–Crippen LogP) is 3.90. The van der Waals surface area contributed by atoms with Crippen LogP contribution in [-0.2, 0) is 6.54 Å². The van der Waals surface area contributed by atoms with E-state index in [0.29, 0.717) is 19.6 Å². The van der Waals surface area contributed by atoms with Gasteiger partial charge in [-0.25, -0.2) is 4.79 Å². The topological polar surface area (TPSA) is 48.7 Å². The molecule has 2 amide bonds. The van der Waals surface area contributed by atoms with Gasteiger partial charge in [0.1, 0.15) is 5.76 Å². The van der Waals surface area contributed by atoms with Crippen molar-refractivity contribution < 1.29 is 9.21 Å². The van der Waals surface area contributed by atoms with Crippen LogP contribution in [0.15, 0.2) is 83.5 Å². The highest BCUT2D eigenvalue weighted by molar-refractivity contribution is 5.74. The van der Waals surface area contributed by atoms with Crippen molar-refractivity contribution in [2.24, 2.45) is 0 Å². The molecule has 0 unspecified atom stereocenters. The summed E-state index contributed by atoms with van der Waals surface area (Å²) in [5, 5.41) is 2.94. The summed E-state index contributed by atoms with van der Waals surface area (Å²) >= 11 is 0. The van der Waals surface area contributed by atoms with Crippen LogP contribution in [0.25, 0.3) is 0 Å². The molecule has 1 N–H and O–H groups in total. The lowest BCUT2D eigenvalue weighted by molar-refractivity contribution is 0.120. The Bertz CT molecular complexity index is 818. The van der Waals surface area contributed by atoms with Gasteiger partial charge in [0.05, 0.1) is 18.8 Å². The van der Waals surface area contributed by atoms with Gasteiger partial charge in [0.25, 0.3) is 0 Å². The Balaban J connectivity index is 1.41. The van der Waals surface area contributed by atoms with Gasteiger partial charge in [0, 0.05) is 26.2 Å². The van der Waals surface area contributed by atoms with E-state index in [2.05, 4.69) is 58.7 Å². The van der Waals surface area contributed by atoms with Crippen molar-refractivity contribution in [3.8, 4) is 0 Å². The van der Waals surface area contributed by atoms with Gasteiger partial charge in [-0.3, -0.25) is 4.90 Å². The zero-order valence-corrected chi connectivity index (χ0v) is 15.8. The molecule has 3 aromatic rings. The van der Waals surface area contributed by atoms with Gasteiger partial charge in [-0.1, -0.05) is 60.7 Å². The van der Waals surface area contributed by atoms with Crippen molar-refractivity contribution in [3.63, 3.8) is 0 Å². The summed E-state index contributed by atoms with van der Waals surface area (Å²) in [7, 11) is 0. The number of urea groups is 1. The highest BCUT2D eigenvalue weighted by atomic mass is 16.3. The van der Waals surface area contributed by atoms with Crippen molar-refractivity contribution in [2.45, 2.75) is 12.6 Å². The highest BCUT2D eigenvalue weighted by Gasteiger charge is 2.28. The van der Waals surface area contributed by atoms with Crippen LogP contribution in [-0.4, -0.2) is 42.0 Å². The molecule has 1 aliphatic rings. The zero-order chi connectivity index (χ0) is 19.2. The molecule has 5 nitrogen and oxygen atoms in total. The molecule has 1 fully saturated rings. The van der Waals surface area contributed by atoms with E-state index in [0.717, 1.165) is 18.8 Å². The molecular formula is C23H25N3O2. The summed E-state index contributed by atoms with van der Waals surface area (Å²) in [6, 6.07) is 25.0. The number of rotatable bonds is 5. The first-order valence-electron chi connectivity index (χ1n) is 9.70. The second kappa shape index (κ2) is 8.76. The average Bonchev–Trinajstić information content (AvgIpc) is 3.28. The van der Waals surface area contributed by atoms with Crippen LogP contribution in [0.4, 0.5) is 4.79 Å². The lowest BCUT2D eigenvalue weighted by atomic mass is 9.96. The number of nitrogens with one attached hydrogen (secondary N) is 1. The summed E-state index contributed by atoms with van der Waals surface area (Å²) in [4.78, 5) is 16.8. The van der Waals surface area contributed by atoms with Crippen molar-refractivity contribution in [1.29, 1.82) is 0 Å². The molecule has 2 aromatic carbocycles. The fourth-order valence-corrected chi connectivity index (χ4v) is 3.76. The van der Waals surface area contributed by atoms with Crippen LogP contribution in [0.3, 0.4) is 0 Å². The molecule has 5 heteroatoms. The van der Waals surface area contributed by atoms with Crippen LogP contribution >= 0.6 is 0 Å². The normalized spacial score (nSPS) is 15.0. The van der Waals surface area contributed by atoms with Crippen LogP contribution in [0, 0.1) is 0 Å². The van der Waals surface area contributed by atoms with Gasteiger partial charge < -0.3 is 14.6 Å². The van der Waals surface area contributed by atoms with Gasteiger partial charge in [-0.2, -0.15) is 0 Å². The predicted molar refractivity (Wildman–Crippen MR) is 109 cm³/mol. The summed E-state index contributed by atoms with van der Waals surface area (Å²) in [5.74, 6) is 0.764. The SMILES string of the molecule is O=C(NCc1ccco1)N1CCN(C(c2ccccc2)c2ccccc2)CC1. The Kier molecular flexibility index (Phi) is 5.73. The number of hydrogen-bond donors (Lipinski definition) is 1. The second-order valence-electron chi connectivity index (χ2n) is 6.98. The fraction of sp³-hybridized carbons (Fsp3) is 0.261. The maximum absolute atomic E-state index is 12.5. The van der Waals surface area contributed by atoms with E-state index in [1.54, 1.807) is 6.26 Å². The van der Waals surface area contributed by atoms with E-state index in [1.807, 2.05) is 29.2 Å². The third-order valence-corrected chi connectivity index (χ3v) is 5.19. The third-order valence-electron chi connectivity index (χ3n) is 5.19. The smallest absolute Gasteiger partial charge is 0.317 e. The lowest BCUT2D eigenvalue weighted by Crippen LogP contribution is -2.52. The highest BCUT2D eigenvalue weighted by Crippen LogP contribution is 2.29. The molecule has 0 aliphatic carbocycles. The zero-order valence-electron chi connectivity index (χ0n) is 15.8. The number of hydrogen-bond acceptors (Lipinski definition) is 3. The number of carbonyl (C=O) groups is 1. The maximum Gasteiger partial charge on any atom is 0.317 e. The third kappa shape index (κ3) is 4.26. The average molecular weight is 375 g/mol. The lowest BCUT2D eigenvalue weighted by Gasteiger charge is -2.39. The van der Waals surface area contributed by atoms with E-state index >= 15 is 0 Å². The minimum absolute atomic E-state index is 0.0352. The molecule has 2 heterocycles. The number of nitrogens with zero attached hydrogens (tertiary/aromatic N) is 2. The number of benzene rings is 2. The molecule has 1 aliphatic heterocycles. The molecule has 0 spiro atoms. The number of furan rings is 1. The van der Waals surface area contributed by atoms with Crippen LogP contribution in [0.5, 0.6) is 0 Å². The Morgan fingerprint density at radius 3 is 2.00 bits per heavy atom. The Hall–Kier alpha value is -3.05. The van der Waals surface area contributed by atoms with Crippen molar-refractivity contribution >= 4 is 6.03 Å². The molecule has 0 bridgehead atoms. The first-order valence-corrected chi connectivity index (χ1v) is 9.70. The quantitative estimate of drug-likeness (QED) is 0.736. The monoisotopic (exact) mass is 375 g/mol. The number of carbonyl (C=O) groups excluding carboxylic acids is 1. The van der Waals surface area contributed by atoms with E-state index in [4.69, 9.17) is 4.42 Å². The summed E-state index contributed by atoms with van der Waals surface area (Å²) in [6.45, 7) is 3.51. The van der Waals surface area contributed by atoms with E-state index in [1.165, 1.54) is 11.1 Å². The van der Waals surface area contributed by atoms with Gasteiger partial charge in [-0.15, -0.1) is 0 Å². The summed E-state index contributed by atoms with van der Waals surface area (Å²) in [6.07, 6.45) is 1.62. The molecule has 0 atom stereocenters. The van der Waals surface area contributed by atoms with E-state index in [-0.39, 0.29) is 12.1 Å². The van der Waals surface area contributed by atoms with Crippen molar-refractivity contribution in [3.05, 3.63) is 95.9 Å². The van der Waals surface area contributed by atoms with Crippen molar-refractivity contribution in [1.82, 2.24) is 15.1 Å². The fourth-order valence-electron chi connectivity index (χ4n) is 3.76. The standard InChI is InChI=1S/C23H25N3O2/c27-23(24-18-21-12-7-17-28-21)26-15-13-25(14-16-26)22(19-8-3-1-4-9-19)20-10-5-2-6-11-20/h1-12,17,22H,13-16,18H2,(H,24,27). The molecule has 0 saturated carbocycles. The first-order chi connectivity index (χ1) is 13.8. The Morgan fingerprint density at radius 1 is 0.857 bits per heavy atom. The Morgan fingerprint density at radius 2 is 1.46 bits per heavy atom. The van der Waals surface area contributed by atoms with Crippen LogP contribution in [0.1, 0.15) is 22.9 Å². The van der Waals surface area contributed by atoms with Gasteiger partial charge in [0.15, 0.2) is 0 Å². The van der Waals surface area contributed by atoms with Crippen LogP contribution < -0.4 is 5.32 Å². The number of amides is 2.